The first-order valence-electron chi connectivity index (χ1n) is 7.96. The highest BCUT2D eigenvalue weighted by Crippen LogP contribution is 2.33. The van der Waals surface area contributed by atoms with E-state index in [9.17, 15) is 9.59 Å². The molecule has 3 rings (SSSR count). The Morgan fingerprint density at radius 2 is 1.85 bits per heavy atom. The number of nitrogens with zero attached hydrogens (tertiary/aromatic N) is 1. The van der Waals surface area contributed by atoms with E-state index in [-0.39, 0.29) is 24.3 Å². The SMILES string of the molecule is COc1ccc(/C=C2\SC(=O)N(CCOc3ccccc3Cl)C2=O)cc1Cl. The van der Waals surface area contributed by atoms with E-state index in [1.165, 1.54) is 7.11 Å². The van der Waals surface area contributed by atoms with Crippen LogP contribution in [0.15, 0.2) is 47.4 Å². The smallest absolute Gasteiger partial charge is 0.293 e. The number of carbonyl (C=O) groups excluding carboxylic acids is 2. The molecule has 1 saturated heterocycles. The van der Waals surface area contributed by atoms with E-state index in [1.807, 2.05) is 0 Å². The van der Waals surface area contributed by atoms with Crippen LogP contribution in [0.2, 0.25) is 10.0 Å². The molecule has 0 bridgehead atoms. The highest BCUT2D eigenvalue weighted by atomic mass is 35.5. The summed E-state index contributed by atoms with van der Waals surface area (Å²) in [6, 6.07) is 12.2. The maximum Gasteiger partial charge on any atom is 0.293 e. The van der Waals surface area contributed by atoms with Crippen molar-refractivity contribution >= 4 is 52.2 Å². The van der Waals surface area contributed by atoms with Crippen molar-refractivity contribution in [2.24, 2.45) is 0 Å². The number of benzene rings is 2. The van der Waals surface area contributed by atoms with Crippen LogP contribution in [0.3, 0.4) is 0 Å². The zero-order valence-corrected chi connectivity index (χ0v) is 16.6. The summed E-state index contributed by atoms with van der Waals surface area (Å²) in [6.07, 6.45) is 1.63. The molecule has 1 fully saturated rings. The first-order valence-corrected chi connectivity index (χ1v) is 9.53. The van der Waals surface area contributed by atoms with Crippen molar-refractivity contribution < 1.29 is 19.1 Å². The van der Waals surface area contributed by atoms with E-state index in [1.54, 1.807) is 48.5 Å². The summed E-state index contributed by atoms with van der Waals surface area (Å²) in [5.74, 6) is 0.688. The molecule has 0 N–H and O–H groups in total. The molecule has 1 aliphatic heterocycles. The second kappa shape index (κ2) is 8.69. The molecule has 0 atom stereocenters. The monoisotopic (exact) mass is 423 g/mol. The highest BCUT2D eigenvalue weighted by Gasteiger charge is 2.34. The molecule has 1 heterocycles. The van der Waals surface area contributed by atoms with E-state index in [0.29, 0.717) is 32.0 Å². The minimum Gasteiger partial charge on any atom is -0.495 e. The molecule has 2 aromatic rings. The number of ether oxygens (including phenoxy) is 2. The van der Waals surface area contributed by atoms with Crippen LogP contribution in [-0.2, 0) is 4.79 Å². The van der Waals surface area contributed by atoms with Crippen molar-refractivity contribution in [2.75, 3.05) is 20.3 Å². The second-order valence-corrected chi connectivity index (χ2v) is 7.31. The summed E-state index contributed by atoms with van der Waals surface area (Å²) in [5, 5.41) is 0.565. The van der Waals surface area contributed by atoms with Gasteiger partial charge in [0.2, 0.25) is 0 Å². The molecule has 0 unspecified atom stereocenters. The molecule has 2 aromatic carbocycles. The zero-order chi connectivity index (χ0) is 19.4. The fourth-order valence-electron chi connectivity index (χ4n) is 2.43. The predicted octanol–water partition coefficient (Wildman–Crippen LogP) is 5.12. The van der Waals surface area contributed by atoms with E-state index in [2.05, 4.69) is 0 Å². The number of thioether (sulfide) groups is 1. The van der Waals surface area contributed by atoms with Gasteiger partial charge in [0.05, 0.1) is 28.6 Å². The standard InChI is InChI=1S/C19H15Cl2NO4S/c1-25-15-7-6-12(10-14(15)21)11-17-18(23)22(19(24)27-17)8-9-26-16-5-3-2-4-13(16)20/h2-7,10-11H,8-9H2,1H3/b17-11-. The second-order valence-electron chi connectivity index (χ2n) is 5.51. The van der Waals surface area contributed by atoms with Gasteiger partial charge in [-0.15, -0.1) is 0 Å². The van der Waals surface area contributed by atoms with Crippen LogP contribution in [0.1, 0.15) is 5.56 Å². The Kier molecular flexibility index (Phi) is 6.31. The van der Waals surface area contributed by atoms with Gasteiger partial charge in [0.1, 0.15) is 18.1 Å². The third kappa shape index (κ3) is 4.58. The number of halogens is 2. The first-order chi connectivity index (χ1) is 13.0. The molecule has 140 valence electrons. The Hall–Kier alpha value is -2.15. The molecule has 0 spiro atoms. The third-order valence-electron chi connectivity index (χ3n) is 3.76. The Bertz CT molecular complexity index is 916. The Morgan fingerprint density at radius 3 is 2.56 bits per heavy atom. The Labute approximate surface area is 170 Å². The lowest BCUT2D eigenvalue weighted by molar-refractivity contribution is -0.123. The lowest BCUT2D eigenvalue weighted by Crippen LogP contribution is -2.32. The molecule has 0 radical (unpaired) electrons. The predicted molar refractivity (Wildman–Crippen MR) is 108 cm³/mol. The van der Waals surface area contributed by atoms with Crippen molar-refractivity contribution in [3.05, 3.63) is 63.0 Å². The van der Waals surface area contributed by atoms with Gasteiger partial charge < -0.3 is 9.47 Å². The van der Waals surface area contributed by atoms with E-state index in [4.69, 9.17) is 32.7 Å². The lowest BCUT2D eigenvalue weighted by atomic mass is 10.2. The minimum absolute atomic E-state index is 0.136. The molecule has 1 aliphatic rings. The largest absolute Gasteiger partial charge is 0.495 e. The van der Waals surface area contributed by atoms with Gasteiger partial charge in [-0.3, -0.25) is 14.5 Å². The van der Waals surface area contributed by atoms with Gasteiger partial charge in [-0.2, -0.15) is 0 Å². The molecule has 2 amide bonds. The number of imide groups is 1. The van der Waals surface area contributed by atoms with Crippen LogP contribution >= 0.6 is 35.0 Å². The molecule has 0 aromatic heterocycles. The fourth-order valence-corrected chi connectivity index (χ4v) is 3.75. The van der Waals surface area contributed by atoms with Crippen LogP contribution in [0.4, 0.5) is 4.79 Å². The quantitative estimate of drug-likeness (QED) is 0.603. The average molecular weight is 424 g/mol. The van der Waals surface area contributed by atoms with Gasteiger partial charge >= 0.3 is 0 Å². The summed E-state index contributed by atoms with van der Waals surface area (Å²) in [6.45, 7) is 0.292. The normalized spacial score (nSPS) is 15.5. The third-order valence-corrected chi connectivity index (χ3v) is 5.27. The van der Waals surface area contributed by atoms with Crippen molar-refractivity contribution in [1.29, 1.82) is 0 Å². The number of carbonyl (C=O) groups is 2. The molecule has 0 aliphatic carbocycles. The van der Waals surface area contributed by atoms with Crippen molar-refractivity contribution in [3.8, 4) is 11.5 Å². The maximum atomic E-state index is 12.5. The van der Waals surface area contributed by atoms with Crippen LogP contribution in [0, 0.1) is 0 Å². The highest BCUT2D eigenvalue weighted by molar-refractivity contribution is 8.18. The number of rotatable bonds is 6. The number of para-hydroxylation sites is 1. The van der Waals surface area contributed by atoms with Gasteiger partial charge in [-0.25, -0.2) is 0 Å². The minimum atomic E-state index is -0.361. The van der Waals surface area contributed by atoms with Crippen LogP contribution in [0.25, 0.3) is 6.08 Å². The maximum absolute atomic E-state index is 12.5. The summed E-state index contributed by atoms with van der Waals surface area (Å²) in [4.78, 5) is 26.2. The number of hydrogen-bond donors (Lipinski definition) is 0. The van der Waals surface area contributed by atoms with E-state index >= 15 is 0 Å². The molecule has 5 nitrogen and oxygen atoms in total. The van der Waals surface area contributed by atoms with E-state index in [0.717, 1.165) is 16.7 Å². The van der Waals surface area contributed by atoms with Gasteiger partial charge in [-0.1, -0.05) is 41.4 Å². The summed E-state index contributed by atoms with van der Waals surface area (Å²) in [5.41, 5.74) is 0.707. The molecule has 0 saturated carbocycles. The van der Waals surface area contributed by atoms with Gasteiger partial charge in [0.15, 0.2) is 0 Å². The van der Waals surface area contributed by atoms with Crippen LogP contribution < -0.4 is 9.47 Å². The summed E-state index contributed by atoms with van der Waals surface area (Å²) >= 11 is 13.0. The number of hydrogen-bond acceptors (Lipinski definition) is 5. The molecular weight excluding hydrogens is 409 g/mol. The van der Waals surface area contributed by atoms with Crippen molar-refractivity contribution in [3.63, 3.8) is 0 Å². The number of amides is 2. The molecular formula is C19H15Cl2NO4S. The van der Waals surface area contributed by atoms with Gasteiger partial charge in [0.25, 0.3) is 11.1 Å². The topological polar surface area (TPSA) is 55.8 Å². The fraction of sp³-hybridized carbons (Fsp3) is 0.158. The van der Waals surface area contributed by atoms with Gasteiger partial charge in [0, 0.05) is 0 Å². The number of methoxy groups -OCH3 is 1. The summed E-state index contributed by atoms with van der Waals surface area (Å²) < 4.78 is 10.7. The van der Waals surface area contributed by atoms with Crippen molar-refractivity contribution in [1.82, 2.24) is 4.90 Å². The van der Waals surface area contributed by atoms with E-state index < -0.39 is 0 Å². The van der Waals surface area contributed by atoms with Gasteiger partial charge in [-0.05, 0) is 47.7 Å². The van der Waals surface area contributed by atoms with Crippen LogP contribution in [-0.4, -0.2) is 36.3 Å². The lowest BCUT2D eigenvalue weighted by Gasteiger charge is -2.13. The molecule has 27 heavy (non-hydrogen) atoms. The first kappa shape index (κ1) is 19.6. The Morgan fingerprint density at radius 1 is 1.07 bits per heavy atom. The Balaban J connectivity index is 1.66. The summed E-state index contributed by atoms with van der Waals surface area (Å²) in [7, 11) is 1.52. The van der Waals surface area contributed by atoms with Crippen molar-refractivity contribution in [2.45, 2.75) is 0 Å². The zero-order valence-electron chi connectivity index (χ0n) is 14.3. The van der Waals surface area contributed by atoms with Crippen LogP contribution in [0.5, 0.6) is 11.5 Å². The average Bonchev–Trinajstić information content (AvgIpc) is 2.91. The molecule has 8 heteroatoms.